The number of hydrogen-bond acceptors (Lipinski definition) is 7. The molecule has 0 aliphatic rings. The average Bonchev–Trinajstić information content (AvgIpc) is 3.31. The summed E-state index contributed by atoms with van der Waals surface area (Å²) in [5.74, 6) is -1.30. The van der Waals surface area contributed by atoms with E-state index in [1.165, 1.54) is 34.5 Å². The third kappa shape index (κ3) is 5.04. The van der Waals surface area contributed by atoms with Crippen LogP contribution < -0.4 is 10.9 Å². The molecule has 0 aliphatic heterocycles. The summed E-state index contributed by atoms with van der Waals surface area (Å²) in [6, 6.07) is 16.2. The van der Waals surface area contributed by atoms with Gasteiger partial charge in [-0.2, -0.15) is 0 Å². The van der Waals surface area contributed by atoms with Gasteiger partial charge in [-0.25, -0.2) is 19.7 Å². The van der Waals surface area contributed by atoms with Crippen LogP contribution in [0.3, 0.4) is 0 Å². The molecule has 0 fully saturated rings. The molecule has 5 aromatic rings. The summed E-state index contributed by atoms with van der Waals surface area (Å²) < 4.78 is 3.36. The number of aromatic nitrogens is 5. The zero-order chi connectivity index (χ0) is 26.8. The van der Waals surface area contributed by atoms with E-state index in [4.69, 9.17) is 5.11 Å². The Kier molecular flexibility index (Phi) is 6.75. The van der Waals surface area contributed by atoms with Gasteiger partial charge >= 0.3 is 5.97 Å². The fourth-order valence-corrected chi connectivity index (χ4v) is 4.68. The lowest BCUT2D eigenvalue weighted by atomic mass is 10.1. The Hall–Kier alpha value is -4.77. The lowest BCUT2D eigenvalue weighted by Crippen LogP contribution is -2.23. The number of benzene rings is 2. The number of amides is 1. The number of nitrogens with zero attached hydrogens (tertiary/aromatic N) is 5. The van der Waals surface area contributed by atoms with Crippen molar-refractivity contribution in [3.63, 3.8) is 0 Å². The standard InChI is InChI=1S/C27H22N6O4S/c1-16-21-11-12-22(34)33(23(21)31-26(30-16)38-27-28-13-14-32(27)2)20-9-7-18(8-10-20)24(35)29-15-17-3-5-19(6-4-17)25(36)37/h3-14H,15H2,1-2H3,(H,29,35)(H,36,37). The van der Waals surface area contributed by atoms with E-state index < -0.39 is 5.97 Å². The maximum atomic E-state index is 12.9. The van der Waals surface area contributed by atoms with E-state index in [1.807, 2.05) is 24.7 Å². The summed E-state index contributed by atoms with van der Waals surface area (Å²) in [6.07, 6.45) is 3.53. The van der Waals surface area contributed by atoms with E-state index in [1.54, 1.807) is 48.7 Å². The number of fused-ring (bicyclic) bond motifs is 1. The minimum Gasteiger partial charge on any atom is -0.478 e. The predicted molar refractivity (Wildman–Crippen MR) is 142 cm³/mol. The number of aromatic carboxylic acids is 1. The van der Waals surface area contributed by atoms with Gasteiger partial charge in [0.2, 0.25) is 0 Å². The molecule has 0 radical (unpaired) electrons. The van der Waals surface area contributed by atoms with Gasteiger partial charge in [0.25, 0.3) is 11.5 Å². The van der Waals surface area contributed by atoms with Gasteiger partial charge in [-0.1, -0.05) is 12.1 Å². The van der Waals surface area contributed by atoms with Gasteiger partial charge in [-0.05, 0) is 66.7 Å². The summed E-state index contributed by atoms with van der Waals surface area (Å²) >= 11 is 1.30. The van der Waals surface area contributed by atoms with E-state index >= 15 is 0 Å². The Morgan fingerprint density at radius 3 is 2.34 bits per heavy atom. The molecule has 0 unspecified atom stereocenters. The quantitative estimate of drug-likeness (QED) is 0.308. The monoisotopic (exact) mass is 526 g/mol. The fraction of sp³-hybridized carbons (Fsp3) is 0.111. The van der Waals surface area contributed by atoms with E-state index in [9.17, 15) is 14.4 Å². The minimum absolute atomic E-state index is 0.183. The van der Waals surface area contributed by atoms with Crippen LogP contribution in [0.25, 0.3) is 16.7 Å². The molecule has 0 atom stereocenters. The largest absolute Gasteiger partial charge is 0.478 e. The van der Waals surface area contributed by atoms with Crippen molar-refractivity contribution in [1.29, 1.82) is 0 Å². The van der Waals surface area contributed by atoms with Crippen molar-refractivity contribution in [1.82, 2.24) is 29.4 Å². The molecule has 11 heteroatoms. The Morgan fingerprint density at radius 2 is 1.68 bits per heavy atom. The Morgan fingerprint density at radius 1 is 0.974 bits per heavy atom. The number of rotatable bonds is 7. The fourth-order valence-electron chi connectivity index (χ4n) is 3.88. The summed E-state index contributed by atoms with van der Waals surface area (Å²) in [7, 11) is 1.88. The molecule has 2 N–H and O–H groups in total. The number of carbonyl (C=O) groups excluding carboxylic acids is 1. The number of aryl methyl sites for hydroxylation is 2. The number of carbonyl (C=O) groups is 2. The second kappa shape index (κ2) is 10.3. The second-order valence-corrected chi connectivity index (χ2v) is 9.42. The van der Waals surface area contributed by atoms with E-state index in [-0.39, 0.29) is 23.6 Å². The number of nitrogens with one attached hydrogen (secondary N) is 1. The number of carboxylic acid groups (broad SMARTS) is 1. The first-order valence-corrected chi connectivity index (χ1v) is 12.4. The highest BCUT2D eigenvalue weighted by molar-refractivity contribution is 7.99. The molecule has 0 bridgehead atoms. The summed E-state index contributed by atoms with van der Waals surface area (Å²) in [6.45, 7) is 2.11. The Bertz CT molecular complexity index is 1730. The lowest BCUT2D eigenvalue weighted by Gasteiger charge is -2.12. The summed E-state index contributed by atoms with van der Waals surface area (Å²) in [5, 5.41) is 13.8. The first kappa shape index (κ1) is 24.9. The van der Waals surface area contributed by atoms with Crippen LogP contribution in [0.4, 0.5) is 0 Å². The van der Waals surface area contributed by atoms with Crippen LogP contribution in [0.5, 0.6) is 0 Å². The van der Waals surface area contributed by atoms with Gasteiger partial charge in [0.1, 0.15) is 0 Å². The van der Waals surface area contributed by atoms with Gasteiger partial charge in [-0.15, -0.1) is 0 Å². The molecule has 5 rings (SSSR count). The highest BCUT2D eigenvalue weighted by Crippen LogP contribution is 2.26. The minimum atomic E-state index is -1.00. The van der Waals surface area contributed by atoms with Gasteiger partial charge in [0.15, 0.2) is 16.0 Å². The normalized spacial score (nSPS) is 11.0. The van der Waals surface area contributed by atoms with Crippen LogP contribution in [-0.2, 0) is 13.6 Å². The third-order valence-electron chi connectivity index (χ3n) is 5.92. The number of pyridine rings is 1. The Labute approximate surface area is 221 Å². The SMILES string of the molecule is Cc1nc(Sc2nccn2C)nc2c1ccc(=O)n2-c1ccc(C(=O)NCc2ccc(C(=O)O)cc2)cc1. The zero-order valence-corrected chi connectivity index (χ0v) is 21.3. The van der Waals surface area contributed by atoms with Crippen molar-refractivity contribution in [2.75, 3.05) is 0 Å². The van der Waals surface area contributed by atoms with Gasteiger partial charge < -0.3 is 15.0 Å². The number of imidazole rings is 1. The molecule has 0 saturated carbocycles. The summed E-state index contributed by atoms with van der Waals surface area (Å²) in [5.41, 5.74) is 2.87. The van der Waals surface area contributed by atoms with Crippen LogP contribution in [0.1, 0.15) is 32.0 Å². The molecule has 1 amide bonds. The molecule has 38 heavy (non-hydrogen) atoms. The maximum Gasteiger partial charge on any atom is 0.335 e. The Balaban J connectivity index is 1.40. The molecule has 3 aromatic heterocycles. The topological polar surface area (TPSA) is 132 Å². The number of carboxylic acids is 1. The van der Waals surface area contributed by atoms with Crippen molar-refractivity contribution in [2.45, 2.75) is 23.8 Å². The second-order valence-electron chi connectivity index (χ2n) is 8.49. The van der Waals surface area contributed by atoms with Crippen molar-refractivity contribution >= 4 is 34.7 Å². The third-order valence-corrected chi connectivity index (χ3v) is 6.86. The smallest absolute Gasteiger partial charge is 0.335 e. The van der Waals surface area contributed by atoms with Crippen LogP contribution in [-0.4, -0.2) is 41.1 Å². The van der Waals surface area contributed by atoms with Crippen molar-refractivity contribution in [2.24, 2.45) is 7.05 Å². The zero-order valence-electron chi connectivity index (χ0n) is 20.5. The van der Waals surface area contributed by atoms with Crippen LogP contribution >= 0.6 is 11.8 Å². The van der Waals surface area contributed by atoms with Crippen molar-refractivity contribution < 1.29 is 14.7 Å². The molecule has 10 nitrogen and oxygen atoms in total. The lowest BCUT2D eigenvalue weighted by molar-refractivity contribution is 0.0696. The van der Waals surface area contributed by atoms with Gasteiger partial charge in [0, 0.05) is 43.0 Å². The predicted octanol–water partition coefficient (Wildman–Crippen LogP) is 3.60. The first-order valence-electron chi connectivity index (χ1n) is 11.6. The van der Waals surface area contributed by atoms with Crippen LogP contribution in [0.2, 0.25) is 0 Å². The molecule has 2 aromatic carbocycles. The average molecular weight is 527 g/mol. The maximum absolute atomic E-state index is 12.9. The molecule has 0 spiro atoms. The van der Waals surface area contributed by atoms with Crippen molar-refractivity contribution in [3.8, 4) is 5.69 Å². The van der Waals surface area contributed by atoms with Crippen LogP contribution in [0.15, 0.2) is 88.2 Å². The molecule has 0 aliphatic carbocycles. The number of hydrogen-bond donors (Lipinski definition) is 2. The first-order chi connectivity index (χ1) is 18.3. The molecular weight excluding hydrogens is 504 g/mol. The molecule has 3 heterocycles. The van der Waals surface area contributed by atoms with Gasteiger partial charge in [0.05, 0.1) is 16.9 Å². The summed E-state index contributed by atoms with van der Waals surface area (Å²) in [4.78, 5) is 50.2. The highest BCUT2D eigenvalue weighted by Gasteiger charge is 2.15. The van der Waals surface area contributed by atoms with Crippen molar-refractivity contribution in [3.05, 3.63) is 106 Å². The van der Waals surface area contributed by atoms with Gasteiger partial charge in [-0.3, -0.25) is 14.2 Å². The van der Waals surface area contributed by atoms with E-state index in [0.29, 0.717) is 22.1 Å². The highest BCUT2D eigenvalue weighted by atomic mass is 32.2. The molecular formula is C27H22N6O4S. The van der Waals surface area contributed by atoms with E-state index in [0.717, 1.165) is 21.8 Å². The van der Waals surface area contributed by atoms with E-state index in [2.05, 4.69) is 20.3 Å². The van der Waals surface area contributed by atoms with Crippen LogP contribution in [0, 0.1) is 6.92 Å². The molecule has 0 saturated heterocycles. The molecule has 190 valence electrons.